The number of rotatable bonds is 3. The van der Waals surface area contributed by atoms with Crippen LogP contribution in [0.1, 0.15) is 17.0 Å². The van der Waals surface area contributed by atoms with Gasteiger partial charge < -0.3 is 4.79 Å². The molecule has 0 saturated heterocycles. The summed E-state index contributed by atoms with van der Waals surface area (Å²) < 4.78 is 0. The number of aldehydes is 1. The molecule has 0 N–H and O–H groups in total. The first-order chi connectivity index (χ1) is 5.79. The monoisotopic (exact) mass is 226 g/mol. The molecule has 12 heavy (non-hydrogen) atoms. The molecule has 0 fully saturated rings. The predicted molar refractivity (Wildman–Crippen MR) is 53.8 cm³/mol. The van der Waals surface area contributed by atoms with Crippen molar-refractivity contribution < 1.29 is 4.79 Å². The summed E-state index contributed by atoms with van der Waals surface area (Å²) in [6.07, 6.45) is 0.983. The summed E-state index contributed by atoms with van der Waals surface area (Å²) in [4.78, 5) is 10.7. The number of carbonyl (C=O) groups is 1. The number of carbonyl (C=O) groups excluding carboxylic acids is 1. The van der Waals surface area contributed by atoms with E-state index < -0.39 is 0 Å². The third-order valence-electron chi connectivity index (χ3n) is 1.92. The van der Waals surface area contributed by atoms with E-state index in [1.54, 1.807) is 0 Å². The molecule has 1 aromatic rings. The summed E-state index contributed by atoms with van der Waals surface area (Å²) in [6.45, 7) is 2.02. The fraction of sp³-hybridized carbons (Fsp3) is 0.300. The van der Waals surface area contributed by atoms with E-state index >= 15 is 0 Å². The van der Waals surface area contributed by atoms with Crippen molar-refractivity contribution in [2.75, 3.05) is 5.33 Å². The Morgan fingerprint density at radius 1 is 1.50 bits per heavy atom. The van der Waals surface area contributed by atoms with Crippen LogP contribution in [0.15, 0.2) is 24.3 Å². The lowest BCUT2D eigenvalue weighted by Crippen LogP contribution is -2.03. The molecule has 0 bridgehead atoms. The molecule has 0 amide bonds. The van der Waals surface area contributed by atoms with E-state index in [9.17, 15) is 4.79 Å². The minimum atomic E-state index is -0.00815. The van der Waals surface area contributed by atoms with Crippen molar-refractivity contribution in [3.8, 4) is 0 Å². The summed E-state index contributed by atoms with van der Waals surface area (Å²) >= 11 is 3.32. The number of aryl methyl sites for hydroxylation is 1. The Morgan fingerprint density at radius 2 is 2.17 bits per heavy atom. The number of alkyl halides is 1. The van der Waals surface area contributed by atoms with Crippen molar-refractivity contribution in [2.45, 2.75) is 12.8 Å². The van der Waals surface area contributed by atoms with Crippen LogP contribution < -0.4 is 0 Å². The van der Waals surface area contributed by atoms with Gasteiger partial charge in [0.1, 0.15) is 6.29 Å². The SMILES string of the molecule is Cc1ccccc1C(C=O)CBr. The number of halogens is 1. The Labute approximate surface area is 80.9 Å². The van der Waals surface area contributed by atoms with Crippen molar-refractivity contribution in [3.05, 3.63) is 35.4 Å². The summed E-state index contributed by atoms with van der Waals surface area (Å²) in [5.41, 5.74) is 2.29. The van der Waals surface area contributed by atoms with Gasteiger partial charge in [0.15, 0.2) is 0 Å². The second-order valence-corrected chi connectivity index (χ2v) is 3.40. The van der Waals surface area contributed by atoms with Gasteiger partial charge in [0, 0.05) is 11.2 Å². The Balaban J connectivity index is 3.00. The zero-order valence-corrected chi connectivity index (χ0v) is 8.54. The van der Waals surface area contributed by atoms with Gasteiger partial charge in [0.2, 0.25) is 0 Å². The number of hydrogen-bond donors (Lipinski definition) is 0. The molecule has 0 radical (unpaired) electrons. The molecule has 1 aromatic carbocycles. The van der Waals surface area contributed by atoms with Gasteiger partial charge in [-0.25, -0.2) is 0 Å². The lowest BCUT2D eigenvalue weighted by molar-refractivity contribution is -0.108. The first-order valence-electron chi connectivity index (χ1n) is 3.86. The minimum absolute atomic E-state index is 0.00815. The zero-order chi connectivity index (χ0) is 8.97. The maximum absolute atomic E-state index is 10.7. The Hall–Kier alpha value is -0.630. The fourth-order valence-electron chi connectivity index (χ4n) is 1.20. The Morgan fingerprint density at radius 3 is 2.67 bits per heavy atom. The third-order valence-corrected chi connectivity index (χ3v) is 2.62. The van der Waals surface area contributed by atoms with Crippen molar-refractivity contribution in [2.24, 2.45) is 0 Å². The van der Waals surface area contributed by atoms with Gasteiger partial charge in [-0.2, -0.15) is 0 Å². The van der Waals surface area contributed by atoms with Crippen molar-refractivity contribution >= 4 is 22.2 Å². The van der Waals surface area contributed by atoms with E-state index in [0.717, 1.165) is 11.8 Å². The minimum Gasteiger partial charge on any atom is -0.303 e. The largest absolute Gasteiger partial charge is 0.303 e. The first kappa shape index (κ1) is 9.46. The smallest absolute Gasteiger partial charge is 0.128 e. The first-order valence-corrected chi connectivity index (χ1v) is 4.98. The maximum atomic E-state index is 10.7. The van der Waals surface area contributed by atoms with Gasteiger partial charge in [-0.05, 0) is 18.1 Å². The second-order valence-electron chi connectivity index (χ2n) is 2.75. The van der Waals surface area contributed by atoms with Crippen LogP contribution in [0, 0.1) is 6.92 Å². The normalized spacial score (nSPS) is 12.5. The molecule has 0 spiro atoms. The molecule has 1 nitrogen and oxygen atoms in total. The molecule has 1 rings (SSSR count). The van der Waals surface area contributed by atoms with E-state index in [0.29, 0.717) is 5.33 Å². The van der Waals surface area contributed by atoms with Crippen molar-refractivity contribution in [3.63, 3.8) is 0 Å². The highest BCUT2D eigenvalue weighted by Crippen LogP contribution is 2.19. The maximum Gasteiger partial charge on any atom is 0.128 e. The van der Waals surface area contributed by atoms with E-state index in [-0.39, 0.29) is 5.92 Å². The topological polar surface area (TPSA) is 17.1 Å². The highest BCUT2D eigenvalue weighted by molar-refractivity contribution is 9.09. The van der Waals surface area contributed by atoms with Crippen LogP contribution in [0.25, 0.3) is 0 Å². The van der Waals surface area contributed by atoms with E-state index in [1.807, 2.05) is 31.2 Å². The quantitative estimate of drug-likeness (QED) is 0.573. The van der Waals surface area contributed by atoms with Crippen LogP contribution in [0.2, 0.25) is 0 Å². The molecule has 0 aromatic heterocycles. The molecule has 1 atom stereocenters. The van der Waals surface area contributed by atoms with Crippen LogP contribution in [0.5, 0.6) is 0 Å². The Bertz CT molecular complexity index is 270. The van der Waals surface area contributed by atoms with Crippen molar-refractivity contribution in [1.29, 1.82) is 0 Å². The Kier molecular flexibility index (Phi) is 3.48. The van der Waals surface area contributed by atoms with Crippen LogP contribution in [0.4, 0.5) is 0 Å². The summed E-state index contributed by atoms with van der Waals surface area (Å²) in [5.74, 6) is -0.00815. The molecule has 0 aliphatic rings. The van der Waals surface area contributed by atoms with Gasteiger partial charge >= 0.3 is 0 Å². The highest BCUT2D eigenvalue weighted by Gasteiger charge is 2.09. The average molecular weight is 227 g/mol. The fourth-order valence-corrected chi connectivity index (χ4v) is 1.70. The lowest BCUT2D eigenvalue weighted by atomic mass is 9.98. The lowest BCUT2D eigenvalue weighted by Gasteiger charge is -2.09. The summed E-state index contributed by atoms with van der Waals surface area (Å²) in [5, 5.41) is 0.696. The molecule has 1 unspecified atom stereocenters. The summed E-state index contributed by atoms with van der Waals surface area (Å²) in [6, 6.07) is 7.96. The van der Waals surface area contributed by atoms with E-state index in [2.05, 4.69) is 15.9 Å². The number of hydrogen-bond acceptors (Lipinski definition) is 1. The molecule has 0 aliphatic carbocycles. The van der Waals surface area contributed by atoms with Crippen LogP contribution in [-0.4, -0.2) is 11.6 Å². The van der Waals surface area contributed by atoms with Gasteiger partial charge in [-0.15, -0.1) is 0 Å². The molecular weight excluding hydrogens is 216 g/mol. The van der Waals surface area contributed by atoms with Gasteiger partial charge in [-0.1, -0.05) is 40.2 Å². The molecular formula is C10H11BrO. The molecule has 2 heteroatoms. The van der Waals surface area contributed by atoms with Crippen molar-refractivity contribution in [1.82, 2.24) is 0 Å². The van der Waals surface area contributed by atoms with Gasteiger partial charge in [0.25, 0.3) is 0 Å². The number of benzene rings is 1. The molecule has 64 valence electrons. The van der Waals surface area contributed by atoms with Crippen LogP contribution >= 0.6 is 15.9 Å². The third kappa shape index (κ3) is 1.95. The second kappa shape index (κ2) is 4.41. The van der Waals surface area contributed by atoms with Gasteiger partial charge in [0.05, 0.1) is 0 Å². The standard InChI is InChI=1S/C10H11BrO/c1-8-4-2-3-5-10(8)9(6-11)7-12/h2-5,7,9H,6H2,1H3. The van der Waals surface area contributed by atoms with Crippen LogP contribution in [-0.2, 0) is 4.79 Å². The molecule has 0 heterocycles. The average Bonchev–Trinajstić information content (AvgIpc) is 2.10. The van der Waals surface area contributed by atoms with E-state index in [4.69, 9.17) is 0 Å². The predicted octanol–water partition coefficient (Wildman–Crippen LogP) is 2.67. The zero-order valence-electron chi connectivity index (χ0n) is 6.96. The van der Waals surface area contributed by atoms with E-state index in [1.165, 1.54) is 5.56 Å². The summed E-state index contributed by atoms with van der Waals surface area (Å²) in [7, 11) is 0. The van der Waals surface area contributed by atoms with Crippen LogP contribution in [0.3, 0.4) is 0 Å². The molecule has 0 saturated carbocycles. The molecule has 0 aliphatic heterocycles. The highest BCUT2D eigenvalue weighted by atomic mass is 79.9. The van der Waals surface area contributed by atoms with Gasteiger partial charge in [-0.3, -0.25) is 0 Å².